The molecule has 134 valence electrons. The summed E-state index contributed by atoms with van der Waals surface area (Å²) in [6.07, 6.45) is 1.17. The second-order valence-corrected chi connectivity index (χ2v) is 6.64. The third-order valence-corrected chi connectivity index (χ3v) is 5.14. The molecule has 0 aromatic heterocycles. The third kappa shape index (κ3) is 2.64. The van der Waals surface area contributed by atoms with Crippen molar-refractivity contribution in [3.63, 3.8) is 0 Å². The Morgan fingerprint density at radius 1 is 1.12 bits per heavy atom. The Morgan fingerprint density at radius 2 is 1.85 bits per heavy atom. The van der Waals surface area contributed by atoms with Crippen molar-refractivity contribution in [1.29, 1.82) is 0 Å². The lowest BCUT2D eigenvalue weighted by Crippen LogP contribution is -2.61. The molecule has 2 heterocycles. The predicted octanol–water partition coefficient (Wildman–Crippen LogP) is 3.58. The maximum absolute atomic E-state index is 13.1. The van der Waals surface area contributed by atoms with Gasteiger partial charge in [-0.3, -0.25) is 9.59 Å². The van der Waals surface area contributed by atoms with Gasteiger partial charge in [-0.1, -0.05) is 30.3 Å². The molecule has 0 radical (unpaired) electrons. The average Bonchev–Trinajstić information content (AvgIpc) is 2.69. The Labute approximate surface area is 153 Å². The van der Waals surface area contributed by atoms with Crippen LogP contribution in [0.3, 0.4) is 0 Å². The Bertz CT molecular complexity index is 821. The van der Waals surface area contributed by atoms with Crippen molar-refractivity contribution in [2.45, 2.75) is 25.9 Å². The van der Waals surface area contributed by atoms with Crippen molar-refractivity contribution in [3.8, 4) is 0 Å². The van der Waals surface area contributed by atoms with Crippen molar-refractivity contribution in [2.75, 3.05) is 18.1 Å². The molecule has 0 aliphatic carbocycles. The Kier molecular flexibility index (Phi) is 4.37. The van der Waals surface area contributed by atoms with E-state index in [0.29, 0.717) is 18.7 Å². The molecule has 2 aliphatic rings. The number of carbonyl (C=O) groups excluding carboxylic acids is 2. The maximum atomic E-state index is 13.1. The molecular weight excluding hydrogens is 328 g/mol. The van der Waals surface area contributed by atoms with Crippen molar-refractivity contribution < 1.29 is 14.3 Å². The molecule has 1 saturated heterocycles. The second kappa shape index (κ2) is 6.83. The molecule has 0 saturated carbocycles. The highest BCUT2D eigenvalue weighted by molar-refractivity contribution is 6.03. The number of piperidine rings is 1. The number of anilines is 2. The van der Waals surface area contributed by atoms with E-state index in [0.717, 1.165) is 24.2 Å². The maximum Gasteiger partial charge on any atom is 0.312 e. The number of amides is 1. The van der Waals surface area contributed by atoms with E-state index in [9.17, 15) is 9.59 Å². The van der Waals surface area contributed by atoms with Gasteiger partial charge in [0.15, 0.2) is 0 Å². The summed E-state index contributed by atoms with van der Waals surface area (Å²) in [7, 11) is 0. The first kappa shape index (κ1) is 16.6. The number of ether oxygens (including phenoxy) is 1. The summed E-state index contributed by atoms with van der Waals surface area (Å²) >= 11 is 0. The number of hydrogen-bond acceptors (Lipinski definition) is 4. The van der Waals surface area contributed by atoms with Crippen LogP contribution >= 0.6 is 0 Å². The lowest BCUT2D eigenvalue weighted by Gasteiger charge is -2.50. The summed E-state index contributed by atoms with van der Waals surface area (Å²) in [5.74, 6) is -0.594. The smallest absolute Gasteiger partial charge is 0.312 e. The first-order valence-electron chi connectivity index (χ1n) is 9.13. The van der Waals surface area contributed by atoms with Crippen LogP contribution in [-0.2, 0) is 9.53 Å². The highest BCUT2D eigenvalue weighted by atomic mass is 16.5. The van der Waals surface area contributed by atoms with Gasteiger partial charge in [-0.15, -0.1) is 0 Å². The van der Waals surface area contributed by atoms with Gasteiger partial charge >= 0.3 is 5.97 Å². The van der Waals surface area contributed by atoms with Crippen molar-refractivity contribution >= 4 is 23.3 Å². The largest absolute Gasteiger partial charge is 0.466 e. The van der Waals surface area contributed by atoms with E-state index in [1.54, 1.807) is 0 Å². The van der Waals surface area contributed by atoms with Gasteiger partial charge in [0.1, 0.15) is 6.17 Å². The fraction of sp³-hybridized carbons (Fsp3) is 0.333. The summed E-state index contributed by atoms with van der Waals surface area (Å²) in [5, 5.41) is 0. The number of benzene rings is 2. The van der Waals surface area contributed by atoms with Gasteiger partial charge < -0.3 is 14.5 Å². The summed E-state index contributed by atoms with van der Waals surface area (Å²) in [4.78, 5) is 29.7. The summed E-state index contributed by atoms with van der Waals surface area (Å²) < 4.78 is 5.33. The third-order valence-electron chi connectivity index (χ3n) is 5.14. The van der Waals surface area contributed by atoms with E-state index >= 15 is 0 Å². The Morgan fingerprint density at radius 3 is 2.62 bits per heavy atom. The minimum absolute atomic E-state index is 0.00761. The lowest BCUT2D eigenvalue weighted by atomic mass is 9.89. The highest BCUT2D eigenvalue weighted by Gasteiger charge is 2.47. The quantitative estimate of drug-likeness (QED) is 0.794. The topological polar surface area (TPSA) is 49.9 Å². The van der Waals surface area contributed by atoms with Crippen LogP contribution in [-0.4, -0.2) is 36.1 Å². The van der Waals surface area contributed by atoms with Gasteiger partial charge in [-0.25, -0.2) is 0 Å². The molecule has 0 unspecified atom stereocenters. The van der Waals surface area contributed by atoms with E-state index in [2.05, 4.69) is 4.90 Å². The number of fused-ring (bicyclic) bond motifs is 2. The molecule has 0 bridgehead atoms. The molecule has 5 heteroatoms. The van der Waals surface area contributed by atoms with E-state index in [-0.39, 0.29) is 24.0 Å². The van der Waals surface area contributed by atoms with E-state index in [1.807, 2.05) is 66.4 Å². The molecular formula is C21H22N2O3. The molecule has 4 rings (SSSR count). The first-order chi connectivity index (χ1) is 12.7. The van der Waals surface area contributed by atoms with Gasteiger partial charge in [0.2, 0.25) is 0 Å². The van der Waals surface area contributed by atoms with Crippen molar-refractivity contribution in [1.82, 2.24) is 4.90 Å². The van der Waals surface area contributed by atoms with Crippen LogP contribution in [0.4, 0.5) is 11.4 Å². The lowest BCUT2D eigenvalue weighted by molar-refractivity contribution is -0.151. The monoisotopic (exact) mass is 350 g/mol. The van der Waals surface area contributed by atoms with E-state index in [4.69, 9.17) is 4.74 Å². The van der Waals surface area contributed by atoms with Gasteiger partial charge in [0.05, 0.1) is 23.8 Å². The number of carbonyl (C=O) groups is 2. The molecule has 1 amide bonds. The standard InChI is InChI=1S/C21H22N2O3/c1-2-26-21(25)17-12-8-14-22-19(17)23(15-9-4-3-5-10-15)18-13-7-6-11-16(18)20(22)24/h3-7,9-11,13,17,19H,2,8,12,14H2,1H3/t17-,19-/m0/s1. The zero-order valence-corrected chi connectivity index (χ0v) is 14.8. The van der Waals surface area contributed by atoms with Gasteiger partial charge in [0.25, 0.3) is 5.91 Å². The summed E-state index contributed by atoms with van der Waals surface area (Å²) in [6, 6.07) is 17.6. The normalized spacial score (nSPS) is 21.8. The SMILES string of the molecule is CCOC(=O)[C@H]1CCCN2C(=O)c3ccccc3N(c3ccccc3)[C@@H]12. The van der Waals surface area contributed by atoms with E-state index < -0.39 is 0 Å². The molecule has 1 fully saturated rings. The number of esters is 1. The zero-order valence-electron chi connectivity index (χ0n) is 14.8. The van der Waals surface area contributed by atoms with Crippen molar-refractivity contribution in [2.24, 2.45) is 5.92 Å². The molecule has 5 nitrogen and oxygen atoms in total. The highest BCUT2D eigenvalue weighted by Crippen LogP contribution is 2.42. The van der Waals surface area contributed by atoms with Crippen LogP contribution in [0.2, 0.25) is 0 Å². The van der Waals surface area contributed by atoms with Crippen LogP contribution in [0.1, 0.15) is 30.1 Å². The van der Waals surface area contributed by atoms with Crippen LogP contribution < -0.4 is 4.90 Å². The minimum Gasteiger partial charge on any atom is -0.466 e. The second-order valence-electron chi connectivity index (χ2n) is 6.64. The molecule has 2 aromatic carbocycles. The van der Waals surface area contributed by atoms with Crippen LogP contribution in [0.25, 0.3) is 0 Å². The fourth-order valence-electron chi connectivity index (χ4n) is 4.05. The Balaban J connectivity index is 1.87. The van der Waals surface area contributed by atoms with Gasteiger partial charge in [-0.2, -0.15) is 0 Å². The molecule has 0 N–H and O–H groups in total. The zero-order chi connectivity index (χ0) is 18.1. The molecule has 2 atom stereocenters. The van der Waals surface area contributed by atoms with Crippen molar-refractivity contribution in [3.05, 3.63) is 60.2 Å². The fourth-order valence-corrected chi connectivity index (χ4v) is 4.05. The summed E-state index contributed by atoms with van der Waals surface area (Å²) in [5.41, 5.74) is 2.50. The molecule has 26 heavy (non-hydrogen) atoms. The Hall–Kier alpha value is -2.82. The number of nitrogens with zero attached hydrogens (tertiary/aromatic N) is 2. The van der Waals surface area contributed by atoms with Crippen LogP contribution in [0.15, 0.2) is 54.6 Å². The molecule has 2 aromatic rings. The summed E-state index contributed by atoms with van der Waals surface area (Å²) in [6.45, 7) is 2.81. The predicted molar refractivity (Wildman–Crippen MR) is 99.2 cm³/mol. The van der Waals surface area contributed by atoms with Gasteiger partial charge in [0, 0.05) is 12.2 Å². The molecule has 0 spiro atoms. The molecule has 2 aliphatic heterocycles. The number of hydrogen-bond donors (Lipinski definition) is 0. The van der Waals surface area contributed by atoms with E-state index in [1.165, 1.54) is 0 Å². The minimum atomic E-state index is -0.360. The first-order valence-corrected chi connectivity index (χ1v) is 9.13. The number of rotatable bonds is 3. The average molecular weight is 350 g/mol. The number of para-hydroxylation sites is 2. The van der Waals surface area contributed by atoms with Crippen LogP contribution in [0.5, 0.6) is 0 Å². The van der Waals surface area contributed by atoms with Crippen LogP contribution in [0, 0.1) is 5.92 Å². The van der Waals surface area contributed by atoms with Gasteiger partial charge in [-0.05, 0) is 44.0 Å².